The molecule has 3 N–H and O–H groups in total. The maximum Gasteiger partial charge on any atom is 0.228 e. The Bertz CT molecular complexity index is 488. The third-order valence-corrected chi connectivity index (χ3v) is 4.43. The Hall–Kier alpha value is -1.10. The number of amides is 1. The topological polar surface area (TPSA) is 64.4 Å². The van der Waals surface area contributed by atoms with Crippen LogP contribution in [0.5, 0.6) is 0 Å². The maximum absolute atomic E-state index is 12.0. The zero-order valence-electron chi connectivity index (χ0n) is 14.1. The van der Waals surface area contributed by atoms with Crippen LogP contribution in [0.2, 0.25) is 0 Å². The van der Waals surface area contributed by atoms with E-state index in [-0.39, 0.29) is 30.3 Å². The number of halogens is 1. The molecule has 1 fully saturated rings. The predicted molar refractivity (Wildman–Crippen MR) is 96.8 cm³/mol. The highest BCUT2D eigenvalue weighted by molar-refractivity contribution is 5.92. The average molecular weight is 341 g/mol. The predicted octanol–water partition coefficient (Wildman–Crippen LogP) is 3.88. The van der Waals surface area contributed by atoms with Gasteiger partial charge in [-0.05, 0) is 37.5 Å². The van der Waals surface area contributed by atoms with E-state index >= 15 is 0 Å². The van der Waals surface area contributed by atoms with Gasteiger partial charge in [0.2, 0.25) is 5.91 Å². The van der Waals surface area contributed by atoms with E-state index in [0.29, 0.717) is 12.7 Å². The quantitative estimate of drug-likeness (QED) is 0.826. The standard InChI is InChI=1S/C18H28N2O2.ClH/c1-13(14(2)19)18(21)20-16-8-6-7-15(11-16)12-22-17-9-4-3-5-10-17;/h6-8,11,13-14,17H,3-5,9-10,12,19H2,1-2H3,(H,20,21);1H. The Morgan fingerprint density at radius 3 is 2.65 bits per heavy atom. The third kappa shape index (κ3) is 6.50. The zero-order valence-corrected chi connectivity index (χ0v) is 14.9. The maximum atomic E-state index is 12.0. The van der Waals surface area contributed by atoms with Crippen molar-refractivity contribution in [3.63, 3.8) is 0 Å². The molecule has 2 unspecified atom stereocenters. The van der Waals surface area contributed by atoms with Gasteiger partial charge in [0.15, 0.2) is 0 Å². The smallest absolute Gasteiger partial charge is 0.228 e. The lowest BCUT2D eigenvalue weighted by Gasteiger charge is -2.22. The third-order valence-electron chi connectivity index (χ3n) is 4.43. The molecule has 1 saturated carbocycles. The molecule has 0 bridgehead atoms. The molecule has 23 heavy (non-hydrogen) atoms. The first kappa shape index (κ1) is 19.9. The monoisotopic (exact) mass is 340 g/mol. The van der Waals surface area contributed by atoms with Gasteiger partial charge < -0.3 is 15.8 Å². The van der Waals surface area contributed by atoms with Crippen LogP contribution in [-0.2, 0) is 16.1 Å². The van der Waals surface area contributed by atoms with Crippen LogP contribution in [0.1, 0.15) is 51.5 Å². The Labute approximate surface area is 145 Å². The minimum Gasteiger partial charge on any atom is -0.374 e. The van der Waals surface area contributed by atoms with Crippen LogP contribution in [0, 0.1) is 5.92 Å². The summed E-state index contributed by atoms with van der Waals surface area (Å²) in [5.41, 5.74) is 7.67. The largest absolute Gasteiger partial charge is 0.374 e. The summed E-state index contributed by atoms with van der Waals surface area (Å²) in [6.07, 6.45) is 6.61. The van der Waals surface area contributed by atoms with Gasteiger partial charge in [0.05, 0.1) is 18.6 Å². The highest BCUT2D eigenvalue weighted by atomic mass is 35.5. The molecule has 0 spiro atoms. The molecular weight excluding hydrogens is 312 g/mol. The van der Waals surface area contributed by atoms with Crippen LogP contribution in [0.3, 0.4) is 0 Å². The van der Waals surface area contributed by atoms with Crippen LogP contribution >= 0.6 is 12.4 Å². The van der Waals surface area contributed by atoms with Crippen molar-refractivity contribution in [2.45, 2.75) is 64.7 Å². The molecule has 0 heterocycles. The highest BCUT2D eigenvalue weighted by Gasteiger charge is 2.17. The molecule has 0 saturated heterocycles. The van der Waals surface area contributed by atoms with Crippen molar-refractivity contribution in [3.05, 3.63) is 29.8 Å². The fourth-order valence-corrected chi connectivity index (χ4v) is 2.68. The number of benzene rings is 1. The number of rotatable bonds is 6. The van der Waals surface area contributed by atoms with E-state index in [4.69, 9.17) is 10.5 Å². The van der Waals surface area contributed by atoms with Gasteiger partial charge in [0, 0.05) is 11.7 Å². The second-order valence-electron chi connectivity index (χ2n) is 6.41. The minimum atomic E-state index is -0.206. The van der Waals surface area contributed by atoms with E-state index in [1.54, 1.807) is 0 Å². The molecule has 0 aliphatic heterocycles. The van der Waals surface area contributed by atoms with E-state index < -0.39 is 0 Å². The van der Waals surface area contributed by atoms with Crippen molar-refractivity contribution < 1.29 is 9.53 Å². The Morgan fingerprint density at radius 2 is 2.00 bits per heavy atom. The zero-order chi connectivity index (χ0) is 15.9. The summed E-state index contributed by atoms with van der Waals surface area (Å²) >= 11 is 0. The first-order valence-electron chi connectivity index (χ1n) is 8.33. The fraction of sp³-hybridized carbons (Fsp3) is 0.611. The number of hydrogen-bond acceptors (Lipinski definition) is 3. The first-order chi connectivity index (χ1) is 10.6. The normalized spacial score (nSPS) is 17.9. The van der Waals surface area contributed by atoms with Gasteiger partial charge in [0.25, 0.3) is 0 Å². The SMILES string of the molecule is CC(N)C(C)C(=O)Nc1cccc(COC2CCCCC2)c1.Cl. The lowest BCUT2D eigenvalue weighted by atomic mass is 9.98. The van der Waals surface area contributed by atoms with Crippen molar-refractivity contribution in [1.82, 2.24) is 0 Å². The number of hydrogen-bond donors (Lipinski definition) is 2. The second kappa shape index (κ2) is 9.91. The van der Waals surface area contributed by atoms with E-state index in [9.17, 15) is 4.79 Å². The minimum absolute atomic E-state index is 0. The number of carbonyl (C=O) groups is 1. The van der Waals surface area contributed by atoms with Crippen molar-refractivity contribution >= 4 is 24.0 Å². The van der Waals surface area contributed by atoms with Gasteiger partial charge in [0.1, 0.15) is 0 Å². The lowest BCUT2D eigenvalue weighted by Crippen LogP contribution is -2.34. The molecule has 2 atom stereocenters. The van der Waals surface area contributed by atoms with Gasteiger partial charge in [-0.3, -0.25) is 4.79 Å². The summed E-state index contributed by atoms with van der Waals surface area (Å²) in [6.45, 7) is 4.30. The summed E-state index contributed by atoms with van der Waals surface area (Å²) in [5.74, 6) is -0.248. The average Bonchev–Trinajstić information content (AvgIpc) is 2.53. The summed E-state index contributed by atoms with van der Waals surface area (Å²) in [6, 6.07) is 7.71. The number of nitrogens with one attached hydrogen (secondary N) is 1. The van der Waals surface area contributed by atoms with Crippen LogP contribution in [0.15, 0.2) is 24.3 Å². The van der Waals surface area contributed by atoms with Gasteiger partial charge in [-0.1, -0.05) is 38.3 Å². The van der Waals surface area contributed by atoms with Crippen LogP contribution in [0.4, 0.5) is 5.69 Å². The van der Waals surface area contributed by atoms with Gasteiger partial charge >= 0.3 is 0 Å². The highest BCUT2D eigenvalue weighted by Crippen LogP contribution is 2.22. The van der Waals surface area contributed by atoms with Gasteiger partial charge in [-0.15, -0.1) is 12.4 Å². The number of carbonyl (C=O) groups excluding carboxylic acids is 1. The summed E-state index contributed by atoms with van der Waals surface area (Å²) in [5, 5.41) is 2.93. The van der Waals surface area contributed by atoms with Crippen molar-refractivity contribution in [3.8, 4) is 0 Å². The van der Waals surface area contributed by atoms with E-state index in [0.717, 1.165) is 11.3 Å². The molecule has 1 aromatic rings. The van der Waals surface area contributed by atoms with Crippen molar-refractivity contribution in [2.24, 2.45) is 11.7 Å². The molecule has 1 aliphatic rings. The molecule has 0 aromatic heterocycles. The van der Waals surface area contributed by atoms with E-state index in [2.05, 4.69) is 5.32 Å². The van der Waals surface area contributed by atoms with Crippen LogP contribution in [0.25, 0.3) is 0 Å². The van der Waals surface area contributed by atoms with Crippen LogP contribution in [-0.4, -0.2) is 18.1 Å². The summed E-state index contributed by atoms with van der Waals surface area (Å²) < 4.78 is 5.98. The first-order valence-corrected chi connectivity index (χ1v) is 8.33. The summed E-state index contributed by atoms with van der Waals surface area (Å²) in [4.78, 5) is 12.0. The molecule has 5 heteroatoms. The number of ether oxygens (including phenoxy) is 1. The van der Waals surface area contributed by atoms with Crippen LogP contribution < -0.4 is 11.1 Å². The fourth-order valence-electron chi connectivity index (χ4n) is 2.68. The molecule has 1 amide bonds. The van der Waals surface area contributed by atoms with Crippen molar-refractivity contribution in [1.29, 1.82) is 0 Å². The van der Waals surface area contributed by atoms with E-state index in [1.165, 1.54) is 32.1 Å². The Kier molecular flexibility index (Phi) is 8.59. The summed E-state index contributed by atoms with van der Waals surface area (Å²) in [7, 11) is 0. The lowest BCUT2D eigenvalue weighted by molar-refractivity contribution is -0.119. The van der Waals surface area contributed by atoms with Crippen molar-refractivity contribution in [2.75, 3.05) is 5.32 Å². The Balaban J connectivity index is 0.00000264. The van der Waals surface area contributed by atoms with Gasteiger partial charge in [-0.2, -0.15) is 0 Å². The Morgan fingerprint density at radius 1 is 1.30 bits per heavy atom. The molecule has 2 rings (SSSR count). The molecular formula is C18H29ClN2O2. The van der Waals surface area contributed by atoms with E-state index in [1.807, 2.05) is 38.1 Å². The molecule has 4 nitrogen and oxygen atoms in total. The molecule has 130 valence electrons. The molecule has 1 aromatic carbocycles. The van der Waals surface area contributed by atoms with Gasteiger partial charge in [-0.25, -0.2) is 0 Å². The number of anilines is 1. The second-order valence-corrected chi connectivity index (χ2v) is 6.41. The molecule has 0 radical (unpaired) electrons. The number of nitrogens with two attached hydrogens (primary N) is 1. The molecule has 1 aliphatic carbocycles.